The van der Waals surface area contributed by atoms with Crippen molar-refractivity contribution in [3.05, 3.63) is 76.6 Å². The molecule has 2 aromatic carbocycles. The van der Waals surface area contributed by atoms with Gasteiger partial charge in [-0.3, -0.25) is 4.79 Å². The van der Waals surface area contributed by atoms with E-state index in [0.29, 0.717) is 39.7 Å². The summed E-state index contributed by atoms with van der Waals surface area (Å²) in [7, 11) is 0. The van der Waals surface area contributed by atoms with Gasteiger partial charge in [0.25, 0.3) is 5.91 Å². The molecule has 0 radical (unpaired) electrons. The molecule has 0 saturated carbocycles. The molecule has 0 aliphatic carbocycles. The van der Waals surface area contributed by atoms with Gasteiger partial charge in [-0.1, -0.05) is 30.3 Å². The number of ether oxygens (including phenoxy) is 2. The zero-order valence-corrected chi connectivity index (χ0v) is 16.2. The number of carbonyl (C=O) groups is 1. The monoisotopic (exact) mass is 438 g/mol. The Labute approximate surface area is 168 Å². The van der Waals surface area contributed by atoms with Crippen molar-refractivity contribution in [2.24, 2.45) is 0 Å². The van der Waals surface area contributed by atoms with Crippen LogP contribution in [0.3, 0.4) is 0 Å². The molecule has 140 valence electrons. The van der Waals surface area contributed by atoms with Gasteiger partial charge < -0.3 is 23.8 Å². The van der Waals surface area contributed by atoms with Gasteiger partial charge in [0.1, 0.15) is 5.69 Å². The minimum Gasteiger partial charge on any atom is -0.454 e. The minimum absolute atomic E-state index is 0.192. The fraction of sp³-hybridized carbons (Fsp3) is 0.0952. The summed E-state index contributed by atoms with van der Waals surface area (Å²) in [6.07, 6.45) is 0. The molecule has 4 aromatic rings. The normalized spacial score (nSPS) is 12.5. The van der Waals surface area contributed by atoms with Crippen molar-refractivity contribution >= 4 is 38.6 Å². The lowest BCUT2D eigenvalue weighted by Crippen LogP contribution is -2.17. The van der Waals surface area contributed by atoms with Crippen LogP contribution in [-0.2, 0) is 6.54 Å². The van der Waals surface area contributed by atoms with Gasteiger partial charge in [0.2, 0.25) is 6.79 Å². The average molecular weight is 439 g/mol. The first kappa shape index (κ1) is 16.9. The van der Waals surface area contributed by atoms with Crippen molar-refractivity contribution < 1.29 is 18.7 Å². The molecule has 1 aliphatic heterocycles. The second-order valence-electron chi connectivity index (χ2n) is 6.42. The van der Waals surface area contributed by atoms with Crippen molar-refractivity contribution in [2.75, 3.05) is 12.1 Å². The molecule has 1 amide bonds. The number of furan rings is 1. The van der Waals surface area contributed by atoms with Crippen LogP contribution in [-0.4, -0.2) is 17.3 Å². The SMILES string of the molecule is O=C(Nc1ccc2c(c1)OCO2)c1cc2oc(Br)cc2n1Cc1ccccc1. The van der Waals surface area contributed by atoms with E-state index < -0.39 is 0 Å². The van der Waals surface area contributed by atoms with Crippen LogP contribution in [0.2, 0.25) is 0 Å². The van der Waals surface area contributed by atoms with E-state index in [1.807, 2.05) is 41.0 Å². The van der Waals surface area contributed by atoms with Crippen LogP contribution in [0.4, 0.5) is 5.69 Å². The molecule has 0 bridgehead atoms. The highest BCUT2D eigenvalue weighted by molar-refractivity contribution is 9.10. The quantitative estimate of drug-likeness (QED) is 0.485. The van der Waals surface area contributed by atoms with Crippen LogP contribution in [0.25, 0.3) is 11.1 Å². The third kappa shape index (κ3) is 3.03. The standard InChI is InChI=1S/C21H15BrN2O4/c22-20-10-15-18(28-20)9-16(24(15)11-13-4-2-1-3-5-13)21(25)23-14-6-7-17-19(8-14)27-12-26-17/h1-10H,11-12H2,(H,23,25). The van der Waals surface area contributed by atoms with Crippen LogP contribution in [0.1, 0.15) is 16.1 Å². The zero-order chi connectivity index (χ0) is 19.1. The molecule has 1 N–H and O–H groups in total. The molecule has 0 spiro atoms. The van der Waals surface area contributed by atoms with Gasteiger partial charge in [-0.2, -0.15) is 0 Å². The predicted molar refractivity (Wildman–Crippen MR) is 108 cm³/mol. The van der Waals surface area contributed by atoms with Crippen LogP contribution >= 0.6 is 15.9 Å². The summed E-state index contributed by atoms with van der Waals surface area (Å²) >= 11 is 3.36. The van der Waals surface area contributed by atoms with Gasteiger partial charge in [0.05, 0.1) is 5.52 Å². The smallest absolute Gasteiger partial charge is 0.272 e. The van der Waals surface area contributed by atoms with Crippen LogP contribution in [0.15, 0.2) is 69.8 Å². The number of nitrogens with one attached hydrogen (secondary N) is 1. The van der Waals surface area contributed by atoms with Gasteiger partial charge >= 0.3 is 0 Å². The topological polar surface area (TPSA) is 65.6 Å². The van der Waals surface area contributed by atoms with E-state index in [0.717, 1.165) is 11.1 Å². The van der Waals surface area contributed by atoms with Crippen molar-refractivity contribution in [1.29, 1.82) is 0 Å². The molecule has 5 rings (SSSR count). The Kier molecular flexibility index (Phi) is 4.09. The number of amides is 1. The summed E-state index contributed by atoms with van der Waals surface area (Å²) in [5.74, 6) is 1.07. The number of fused-ring (bicyclic) bond motifs is 2. The van der Waals surface area contributed by atoms with Crippen molar-refractivity contribution in [1.82, 2.24) is 4.57 Å². The van der Waals surface area contributed by atoms with Crippen molar-refractivity contribution in [3.8, 4) is 11.5 Å². The number of hydrogen-bond donors (Lipinski definition) is 1. The lowest BCUT2D eigenvalue weighted by molar-refractivity contribution is 0.101. The molecule has 0 saturated heterocycles. The molecular weight excluding hydrogens is 424 g/mol. The second-order valence-corrected chi connectivity index (χ2v) is 7.21. The highest BCUT2D eigenvalue weighted by atomic mass is 79.9. The predicted octanol–water partition coefficient (Wildman–Crippen LogP) is 5.03. The first-order valence-corrected chi connectivity index (χ1v) is 9.50. The first-order chi connectivity index (χ1) is 13.7. The largest absolute Gasteiger partial charge is 0.454 e. The maximum atomic E-state index is 13.0. The number of halogens is 1. The summed E-state index contributed by atoms with van der Waals surface area (Å²) in [4.78, 5) is 13.0. The van der Waals surface area contributed by atoms with E-state index in [2.05, 4.69) is 21.2 Å². The second kappa shape index (κ2) is 6.76. The van der Waals surface area contributed by atoms with E-state index in [4.69, 9.17) is 13.9 Å². The lowest BCUT2D eigenvalue weighted by Gasteiger charge is -2.11. The third-order valence-corrected chi connectivity index (χ3v) is 5.00. The van der Waals surface area contributed by atoms with Crippen LogP contribution < -0.4 is 14.8 Å². The molecule has 0 fully saturated rings. The fourth-order valence-electron chi connectivity index (χ4n) is 3.31. The first-order valence-electron chi connectivity index (χ1n) is 8.71. The van der Waals surface area contributed by atoms with E-state index in [9.17, 15) is 4.79 Å². The van der Waals surface area contributed by atoms with E-state index in [-0.39, 0.29) is 12.7 Å². The highest BCUT2D eigenvalue weighted by Crippen LogP contribution is 2.34. The van der Waals surface area contributed by atoms with E-state index in [1.165, 1.54) is 0 Å². The van der Waals surface area contributed by atoms with E-state index >= 15 is 0 Å². The van der Waals surface area contributed by atoms with Crippen molar-refractivity contribution in [3.63, 3.8) is 0 Å². The van der Waals surface area contributed by atoms with Gasteiger partial charge in [0, 0.05) is 30.4 Å². The number of carbonyl (C=O) groups excluding carboxylic acids is 1. The average Bonchev–Trinajstić information content (AvgIpc) is 3.38. The number of nitrogens with zero attached hydrogens (tertiary/aromatic N) is 1. The maximum Gasteiger partial charge on any atom is 0.272 e. The van der Waals surface area contributed by atoms with Crippen LogP contribution in [0.5, 0.6) is 11.5 Å². The van der Waals surface area contributed by atoms with E-state index in [1.54, 1.807) is 24.3 Å². The molecule has 0 atom stereocenters. The molecule has 7 heteroatoms. The summed E-state index contributed by atoms with van der Waals surface area (Å²) in [5, 5.41) is 2.93. The Balaban J connectivity index is 1.49. The Morgan fingerprint density at radius 1 is 1.04 bits per heavy atom. The van der Waals surface area contributed by atoms with Crippen LogP contribution in [0, 0.1) is 0 Å². The molecule has 1 aliphatic rings. The molecule has 28 heavy (non-hydrogen) atoms. The Hall–Kier alpha value is -3.19. The summed E-state index contributed by atoms with van der Waals surface area (Å²) < 4.78 is 18.9. The fourth-order valence-corrected chi connectivity index (χ4v) is 3.70. The number of aromatic nitrogens is 1. The Bertz CT molecular complexity index is 1180. The summed E-state index contributed by atoms with van der Waals surface area (Å²) in [6.45, 7) is 0.748. The lowest BCUT2D eigenvalue weighted by atomic mass is 10.2. The molecule has 3 heterocycles. The van der Waals surface area contributed by atoms with Gasteiger partial charge in [-0.25, -0.2) is 0 Å². The summed E-state index contributed by atoms with van der Waals surface area (Å²) in [6, 6.07) is 18.9. The van der Waals surface area contributed by atoms with Crippen molar-refractivity contribution in [2.45, 2.75) is 6.54 Å². The number of anilines is 1. The summed E-state index contributed by atoms with van der Waals surface area (Å²) in [5.41, 5.74) is 3.75. The molecule has 2 aromatic heterocycles. The number of hydrogen-bond acceptors (Lipinski definition) is 4. The van der Waals surface area contributed by atoms with Gasteiger partial charge in [-0.15, -0.1) is 0 Å². The zero-order valence-electron chi connectivity index (χ0n) is 14.6. The van der Waals surface area contributed by atoms with Gasteiger partial charge in [0.15, 0.2) is 21.8 Å². The molecule has 0 unspecified atom stereocenters. The number of benzene rings is 2. The molecule has 6 nitrogen and oxygen atoms in total. The Morgan fingerprint density at radius 3 is 2.71 bits per heavy atom. The number of rotatable bonds is 4. The third-order valence-electron chi connectivity index (χ3n) is 4.61. The minimum atomic E-state index is -0.225. The van der Waals surface area contributed by atoms with Gasteiger partial charge in [-0.05, 0) is 33.6 Å². The maximum absolute atomic E-state index is 13.0. The Morgan fingerprint density at radius 2 is 1.86 bits per heavy atom. The molecular formula is C21H15BrN2O4. The highest BCUT2D eigenvalue weighted by Gasteiger charge is 2.20.